The SMILES string of the molecule is C1=CCC(N(c2ccc3c4ccc(/C=C/c5cccc6c5C5=C(C=CCC5)C6(c5ccccc5)c5ccccc5)cc4n(-c4ccccc4)c3c2)c2ccccc2-c2ccccc2)C(c2ccccc2)=C1. The number of hydrogen-bond acceptors (Lipinski definition) is 1. The average Bonchev–Trinajstić information content (AvgIpc) is 3.95. The third-order valence-corrected chi connectivity index (χ3v) is 15.1. The van der Waals surface area contributed by atoms with Crippen LogP contribution in [0.5, 0.6) is 0 Å². The second-order valence-electron chi connectivity index (χ2n) is 19.0. The molecule has 0 N–H and O–H groups in total. The molecule has 0 aliphatic heterocycles. The Hall–Kier alpha value is -8.72. The lowest BCUT2D eigenvalue weighted by Gasteiger charge is -2.37. The Morgan fingerprint density at radius 2 is 1.17 bits per heavy atom. The van der Waals surface area contributed by atoms with E-state index in [9.17, 15) is 0 Å². The van der Waals surface area contributed by atoms with Crippen molar-refractivity contribution < 1.29 is 0 Å². The Balaban J connectivity index is 0.970. The number of aromatic nitrogens is 1. The molecule has 1 aromatic heterocycles. The molecule has 2 heteroatoms. The number of benzene rings is 9. The first-order valence-electron chi connectivity index (χ1n) is 25.1. The number of nitrogens with zero attached hydrogens (tertiary/aromatic N) is 2. The van der Waals surface area contributed by atoms with Crippen LogP contribution in [0, 0.1) is 0 Å². The Morgan fingerprint density at radius 1 is 0.535 bits per heavy atom. The normalized spacial score (nSPS) is 15.8. The van der Waals surface area contributed by atoms with Gasteiger partial charge in [-0.15, -0.1) is 0 Å². The molecule has 0 spiro atoms. The zero-order valence-corrected chi connectivity index (χ0v) is 39.6. The molecule has 0 radical (unpaired) electrons. The van der Waals surface area contributed by atoms with Gasteiger partial charge in [0.15, 0.2) is 0 Å². The summed E-state index contributed by atoms with van der Waals surface area (Å²) in [5.74, 6) is 0. The molecule has 0 fully saturated rings. The smallest absolute Gasteiger partial charge is 0.0710 e. The van der Waals surface area contributed by atoms with E-state index in [1.807, 2.05) is 0 Å². The Morgan fingerprint density at radius 3 is 1.90 bits per heavy atom. The molecule has 13 rings (SSSR count). The maximum absolute atomic E-state index is 2.59. The van der Waals surface area contributed by atoms with Crippen LogP contribution >= 0.6 is 0 Å². The summed E-state index contributed by atoms with van der Waals surface area (Å²) in [6, 6.07) is 85.0. The van der Waals surface area contributed by atoms with Crippen LogP contribution in [-0.2, 0) is 5.41 Å². The van der Waals surface area contributed by atoms with Crippen molar-refractivity contribution in [2.75, 3.05) is 4.90 Å². The maximum Gasteiger partial charge on any atom is 0.0710 e. The lowest BCUT2D eigenvalue weighted by Crippen LogP contribution is -2.33. The molecule has 3 aliphatic rings. The minimum absolute atomic E-state index is 0.0532. The van der Waals surface area contributed by atoms with Gasteiger partial charge in [0.25, 0.3) is 0 Å². The second-order valence-corrected chi connectivity index (χ2v) is 19.0. The minimum Gasteiger partial charge on any atom is -0.333 e. The van der Waals surface area contributed by atoms with Gasteiger partial charge in [-0.1, -0.05) is 237 Å². The summed E-state index contributed by atoms with van der Waals surface area (Å²) in [4.78, 5) is 2.59. The molecule has 1 atom stereocenters. The molecule has 0 saturated carbocycles. The van der Waals surface area contributed by atoms with Crippen molar-refractivity contribution >= 4 is 56.5 Å². The second kappa shape index (κ2) is 18.0. The fourth-order valence-electron chi connectivity index (χ4n) is 12.1. The van der Waals surface area contributed by atoms with Gasteiger partial charge in [-0.2, -0.15) is 0 Å². The number of para-hydroxylation sites is 2. The monoisotopic (exact) mass is 908 g/mol. The van der Waals surface area contributed by atoms with Gasteiger partial charge >= 0.3 is 0 Å². The number of anilines is 2. The highest BCUT2D eigenvalue weighted by Crippen LogP contribution is 2.58. The van der Waals surface area contributed by atoms with Crippen LogP contribution in [0.25, 0.3) is 61.9 Å². The van der Waals surface area contributed by atoms with E-state index < -0.39 is 5.41 Å². The molecule has 338 valence electrons. The van der Waals surface area contributed by atoms with Crippen molar-refractivity contribution in [2.24, 2.45) is 0 Å². The van der Waals surface area contributed by atoms with Crippen LogP contribution in [0.15, 0.2) is 266 Å². The van der Waals surface area contributed by atoms with Gasteiger partial charge in [0.05, 0.1) is 22.5 Å². The summed E-state index contributed by atoms with van der Waals surface area (Å²) >= 11 is 0. The molecule has 9 aromatic carbocycles. The van der Waals surface area contributed by atoms with Gasteiger partial charge in [-0.25, -0.2) is 0 Å². The van der Waals surface area contributed by atoms with E-state index in [-0.39, 0.29) is 6.04 Å². The summed E-state index contributed by atoms with van der Waals surface area (Å²) in [5.41, 5.74) is 21.0. The first-order chi connectivity index (χ1) is 35.3. The lowest BCUT2D eigenvalue weighted by molar-refractivity contribution is 0.756. The van der Waals surface area contributed by atoms with Crippen LogP contribution in [0.1, 0.15) is 58.2 Å². The maximum atomic E-state index is 2.59. The quantitative estimate of drug-likeness (QED) is 0.124. The average molecular weight is 909 g/mol. The van der Waals surface area contributed by atoms with Gasteiger partial charge in [0.2, 0.25) is 0 Å². The molecule has 0 saturated heterocycles. The first kappa shape index (κ1) is 42.4. The molecular weight excluding hydrogens is 857 g/mol. The van der Waals surface area contributed by atoms with E-state index in [1.165, 1.54) is 88.7 Å². The van der Waals surface area contributed by atoms with Gasteiger partial charge in [-0.3, -0.25) is 0 Å². The molecular formula is C69H52N2. The molecule has 1 heterocycles. The number of hydrogen-bond donors (Lipinski definition) is 0. The van der Waals surface area contributed by atoms with Gasteiger partial charge in [0.1, 0.15) is 0 Å². The van der Waals surface area contributed by atoms with Crippen molar-refractivity contribution in [1.29, 1.82) is 0 Å². The zero-order chi connectivity index (χ0) is 47.1. The van der Waals surface area contributed by atoms with E-state index in [0.29, 0.717) is 0 Å². The number of allylic oxidation sites excluding steroid dienone is 6. The fourth-order valence-corrected chi connectivity index (χ4v) is 12.1. The summed E-state index contributed by atoms with van der Waals surface area (Å²) in [6.07, 6.45) is 19.3. The molecule has 10 aromatic rings. The van der Waals surface area contributed by atoms with E-state index in [1.54, 1.807) is 0 Å². The molecule has 3 aliphatic carbocycles. The predicted octanol–water partition coefficient (Wildman–Crippen LogP) is 17.6. The van der Waals surface area contributed by atoms with Crippen LogP contribution in [0.2, 0.25) is 0 Å². The van der Waals surface area contributed by atoms with Crippen molar-refractivity contribution in [3.63, 3.8) is 0 Å². The molecule has 71 heavy (non-hydrogen) atoms. The third-order valence-electron chi connectivity index (χ3n) is 15.1. The van der Waals surface area contributed by atoms with Gasteiger partial charge < -0.3 is 9.47 Å². The largest absolute Gasteiger partial charge is 0.333 e. The fraction of sp³-hybridized carbons (Fsp3) is 0.0725. The van der Waals surface area contributed by atoms with Crippen molar-refractivity contribution in [1.82, 2.24) is 4.57 Å². The standard InChI is InChI=1S/C69H52N2/c1-6-23-50(24-7-1)57-34-17-20-39-64(57)71(65-40-21-18-35-58(65)51-25-8-2-9-26-51)56-44-46-60-59-45-42-49(47-66(59)70(67(60)48-56)55-32-14-5-15-33-55)41-43-52-27-22-38-63-68(52)61-36-16-19-37-62(61)69(63,53-28-10-3-11-29-53)54-30-12-4-13-31-54/h1-15,17-35,37-39,41-48,65H,16,36,40H2/b43-41+. The highest BCUT2D eigenvalue weighted by Gasteiger charge is 2.47. The highest BCUT2D eigenvalue weighted by atomic mass is 15.2. The summed E-state index contributed by atoms with van der Waals surface area (Å²) < 4.78 is 2.47. The van der Waals surface area contributed by atoms with E-state index >= 15 is 0 Å². The summed E-state index contributed by atoms with van der Waals surface area (Å²) in [6.45, 7) is 0. The zero-order valence-electron chi connectivity index (χ0n) is 39.6. The Kier molecular flexibility index (Phi) is 10.7. The van der Waals surface area contributed by atoms with Crippen LogP contribution < -0.4 is 4.90 Å². The minimum atomic E-state index is -0.394. The molecule has 2 nitrogen and oxygen atoms in total. The van der Waals surface area contributed by atoms with Crippen molar-refractivity contribution in [2.45, 2.75) is 30.7 Å². The molecule has 0 amide bonds. The third kappa shape index (κ3) is 7.17. The summed E-state index contributed by atoms with van der Waals surface area (Å²) in [7, 11) is 0. The number of fused-ring (bicyclic) bond motifs is 5. The van der Waals surface area contributed by atoms with E-state index in [2.05, 4.69) is 283 Å². The molecule has 1 unspecified atom stereocenters. The highest BCUT2D eigenvalue weighted by molar-refractivity contribution is 6.11. The lowest BCUT2D eigenvalue weighted by atomic mass is 9.66. The van der Waals surface area contributed by atoms with E-state index in [0.717, 1.165) is 36.2 Å². The van der Waals surface area contributed by atoms with Gasteiger partial charge in [0, 0.05) is 33.4 Å². The van der Waals surface area contributed by atoms with Gasteiger partial charge in [-0.05, 0) is 117 Å². The van der Waals surface area contributed by atoms with Crippen LogP contribution in [0.3, 0.4) is 0 Å². The number of rotatable bonds is 10. The van der Waals surface area contributed by atoms with Crippen molar-refractivity contribution in [3.8, 4) is 16.8 Å². The van der Waals surface area contributed by atoms with E-state index in [4.69, 9.17) is 0 Å². The first-order valence-corrected chi connectivity index (χ1v) is 25.1. The Labute approximate surface area is 416 Å². The van der Waals surface area contributed by atoms with Crippen LogP contribution in [-0.4, -0.2) is 10.6 Å². The summed E-state index contributed by atoms with van der Waals surface area (Å²) in [5, 5.41) is 2.46. The Bertz CT molecular complexity index is 3720. The predicted molar refractivity (Wildman–Crippen MR) is 300 cm³/mol. The van der Waals surface area contributed by atoms with Crippen molar-refractivity contribution in [3.05, 3.63) is 305 Å². The van der Waals surface area contributed by atoms with Crippen LogP contribution in [0.4, 0.5) is 11.4 Å². The molecule has 0 bridgehead atoms. The topological polar surface area (TPSA) is 8.17 Å².